The highest BCUT2D eigenvalue weighted by atomic mass is 19.1. The molecule has 150 valence electrons. The van der Waals surface area contributed by atoms with Crippen LogP contribution in [0.3, 0.4) is 0 Å². The number of aryl methyl sites for hydroxylation is 1. The van der Waals surface area contributed by atoms with Gasteiger partial charge in [0.25, 0.3) is 5.91 Å². The molecule has 6 nitrogen and oxygen atoms in total. The summed E-state index contributed by atoms with van der Waals surface area (Å²) in [6, 6.07) is 14.9. The zero-order valence-corrected chi connectivity index (χ0v) is 16.3. The first-order valence-electron chi connectivity index (χ1n) is 9.69. The molecule has 2 aromatic carbocycles. The Kier molecular flexibility index (Phi) is 4.43. The highest BCUT2D eigenvalue weighted by Crippen LogP contribution is 2.36. The van der Waals surface area contributed by atoms with Crippen LogP contribution in [0.25, 0.3) is 22.0 Å². The Bertz CT molecular complexity index is 1270. The molecule has 7 heteroatoms. The lowest BCUT2D eigenvalue weighted by molar-refractivity contribution is 0.0927. The lowest BCUT2D eigenvalue weighted by Gasteiger charge is -2.11. The summed E-state index contributed by atoms with van der Waals surface area (Å²) >= 11 is 0. The van der Waals surface area contributed by atoms with Gasteiger partial charge in [-0.2, -0.15) is 5.10 Å². The van der Waals surface area contributed by atoms with E-state index in [0.29, 0.717) is 12.1 Å². The van der Waals surface area contributed by atoms with E-state index in [1.807, 2.05) is 36.4 Å². The normalized spacial score (nSPS) is 15.1. The van der Waals surface area contributed by atoms with Gasteiger partial charge in [0.2, 0.25) is 0 Å². The Labute approximate surface area is 172 Å². The third-order valence-electron chi connectivity index (χ3n) is 5.21. The summed E-state index contributed by atoms with van der Waals surface area (Å²) in [5, 5.41) is 7.88. The van der Waals surface area contributed by atoms with Crippen molar-refractivity contribution in [1.29, 1.82) is 0 Å². The number of ether oxygens (including phenoxy) is 1. The molecule has 1 amide bonds. The summed E-state index contributed by atoms with van der Waals surface area (Å²) in [5.74, 6) is -0.433. The molecule has 0 saturated heterocycles. The molecule has 0 fully saturated rings. The van der Waals surface area contributed by atoms with Gasteiger partial charge >= 0.3 is 0 Å². The number of carbonyl (C=O) groups is 1. The second kappa shape index (κ2) is 7.26. The number of fused-ring (bicyclic) bond motifs is 2. The molecule has 1 N–H and O–H groups in total. The van der Waals surface area contributed by atoms with Gasteiger partial charge in [-0.25, -0.2) is 4.39 Å². The molecule has 0 bridgehead atoms. The van der Waals surface area contributed by atoms with E-state index >= 15 is 0 Å². The molecular weight excluding hydrogens is 383 g/mol. The van der Waals surface area contributed by atoms with Crippen molar-refractivity contribution in [1.82, 2.24) is 20.1 Å². The van der Waals surface area contributed by atoms with Gasteiger partial charge in [-0.05, 0) is 35.9 Å². The first kappa shape index (κ1) is 18.3. The van der Waals surface area contributed by atoms with Crippen molar-refractivity contribution in [3.63, 3.8) is 0 Å². The van der Waals surface area contributed by atoms with Crippen molar-refractivity contribution >= 4 is 16.8 Å². The van der Waals surface area contributed by atoms with Crippen molar-refractivity contribution in [2.45, 2.75) is 12.5 Å². The van der Waals surface area contributed by atoms with Gasteiger partial charge in [0.1, 0.15) is 11.8 Å². The Balaban J connectivity index is 1.33. The number of rotatable bonds is 4. The summed E-state index contributed by atoms with van der Waals surface area (Å²) in [4.78, 5) is 16.6. The van der Waals surface area contributed by atoms with Gasteiger partial charge in [0.05, 0.1) is 12.1 Å². The molecule has 1 aliphatic heterocycles. The lowest BCUT2D eigenvalue weighted by atomic mass is 10.0. The van der Waals surface area contributed by atoms with Crippen LogP contribution in [0.15, 0.2) is 60.9 Å². The summed E-state index contributed by atoms with van der Waals surface area (Å²) < 4.78 is 22.1. The summed E-state index contributed by atoms with van der Waals surface area (Å²) in [6.45, 7) is 0.274. The fourth-order valence-electron chi connectivity index (χ4n) is 3.73. The van der Waals surface area contributed by atoms with Crippen LogP contribution in [0.2, 0.25) is 0 Å². The molecule has 5 rings (SSSR count). The van der Waals surface area contributed by atoms with E-state index in [2.05, 4.69) is 15.4 Å². The van der Waals surface area contributed by atoms with Gasteiger partial charge in [0.15, 0.2) is 11.6 Å². The average molecular weight is 402 g/mol. The Morgan fingerprint density at radius 3 is 2.93 bits per heavy atom. The summed E-state index contributed by atoms with van der Waals surface area (Å²) in [7, 11) is 1.75. The molecule has 30 heavy (non-hydrogen) atoms. The maximum Gasteiger partial charge on any atom is 0.271 e. The minimum atomic E-state index is -0.408. The van der Waals surface area contributed by atoms with Crippen LogP contribution < -0.4 is 10.1 Å². The quantitative estimate of drug-likeness (QED) is 0.567. The number of carbonyl (C=O) groups excluding carboxylic acids is 1. The smallest absolute Gasteiger partial charge is 0.271 e. The Morgan fingerprint density at radius 2 is 2.10 bits per heavy atom. The van der Waals surface area contributed by atoms with Crippen molar-refractivity contribution in [2.24, 2.45) is 7.05 Å². The summed E-state index contributed by atoms with van der Waals surface area (Å²) in [6.07, 6.45) is 3.65. The van der Waals surface area contributed by atoms with Crippen molar-refractivity contribution < 1.29 is 13.9 Å². The van der Waals surface area contributed by atoms with E-state index < -0.39 is 5.82 Å². The van der Waals surface area contributed by atoms with Crippen LogP contribution in [0.5, 0.6) is 5.75 Å². The van der Waals surface area contributed by atoms with Gasteiger partial charge in [0, 0.05) is 42.4 Å². The maximum atomic E-state index is 14.7. The number of aromatic nitrogens is 3. The van der Waals surface area contributed by atoms with Crippen LogP contribution in [0, 0.1) is 5.82 Å². The molecule has 1 atom stereocenters. The van der Waals surface area contributed by atoms with Crippen LogP contribution in [-0.2, 0) is 13.5 Å². The third kappa shape index (κ3) is 3.39. The number of halogens is 1. The van der Waals surface area contributed by atoms with E-state index in [0.717, 1.165) is 27.6 Å². The number of hydrogen-bond acceptors (Lipinski definition) is 4. The Morgan fingerprint density at radius 1 is 1.23 bits per heavy atom. The minimum Gasteiger partial charge on any atom is -0.485 e. The Hall–Kier alpha value is -3.74. The largest absolute Gasteiger partial charge is 0.485 e. The van der Waals surface area contributed by atoms with Crippen LogP contribution in [0.4, 0.5) is 4.39 Å². The van der Waals surface area contributed by atoms with Gasteiger partial charge in [-0.1, -0.05) is 18.2 Å². The molecule has 3 heterocycles. The SMILES string of the molecule is Cn1ccc(C(=O)NCC2Cc3cc(-c4cnc5ccccc5c4)cc(F)c3O2)n1. The number of hydrogen-bond donors (Lipinski definition) is 1. The molecular formula is C23H19FN4O2. The van der Waals surface area contributed by atoms with Gasteiger partial charge < -0.3 is 10.1 Å². The standard InChI is InChI=1S/C23H19FN4O2/c1-28-7-6-21(27-28)23(29)26-13-18-10-16-9-15(11-19(24)22(16)30-18)17-8-14-4-2-3-5-20(14)25-12-17/h2-9,11-12,18H,10,13H2,1H3,(H,26,29). The number of nitrogens with zero attached hydrogens (tertiary/aromatic N) is 3. The fraction of sp³-hybridized carbons (Fsp3) is 0.174. The predicted octanol–water partition coefficient (Wildman–Crippen LogP) is 3.51. The number of para-hydroxylation sites is 1. The van der Waals surface area contributed by atoms with E-state index in [1.165, 1.54) is 6.07 Å². The topological polar surface area (TPSA) is 69.0 Å². The second-order valence-corrected chi connectivity index (χ2v) is 7.39. The molecule has 1 unspecified atom stereocenters. The maximum absolute atomic E-state index is 14.7. The predicted molar refractivity (Wildman–Crippen MR) is 111 cm³/mol. The second-order valence-electron chi connectivity index (χ2n) is 7.39. The monoisotopic (exact) mass is 402 g/mol. The minimum absolute atomic E-state index is 0.254. The average Bonchev–Trinajstić information content (AvgIpc) is 3.38. The van der Waals surface area contributed by atoms with Crippen molar-refractivity contribution in [2.75, 3.05) is 6.54 Å². The first-order valence-corrected chi connectivity index (χ1v) is 9.69. The molecule has 0 spiro atoms. The number of benzene rings is 2. The molecule has 4 aromatic rings. The number of pyridine rings is 1. The third-order valence-corrected chi connectivity index (χ3v) is 5.21. The van der Waals surface area contributed by atoms with E-state index in [4.69, 9.17) is 4.74 Å². The summed E-state index contributed by atoms with van der Waals surface area (Å²) in [5.41, 5.74) is 3.63. The van der Waals surface area contributed by atoms with Crippen LogP contribution in [0.1, 0.15) is 16.1 Å². The molecule has 1 aliphatic rings. The van der Waals surface area contributed by atoms with Crippen molar-refractivity contribution in [3.8, 4) is 16.9 Å². The zero-order chi connectivity index (χ0) is 20.7. The fourth-order valence-corrected chi connectivity index (χ4v) is 3.73. The zero-order valence-electron chi connectivity index (χ0n) is 16.3. The van der Waals surface area contributed by atoms with E-state index in [1.54, 1.807) is 30.2 Å². The lowest BCUT2D eigenvalue weighted by Crippen LogP contribution is -2.34. The number of nitrogens with one attached hydrogen (secondary N) is 1. The van der Waals surface area contributed by atoms with Gasteiger partial charge in [-0.3, -0.25) is 14.5 Å². The van der Waals surface area contributed by atoms with Gasteiger partial charge in [-0.15, -0.1) is 0 Å². The van der Waals surface area contributed by atoms with E-state index in [9.17, 15) is 9.18 Å². The molecule has 2 aromatic heterocycles. The highest BCUT2D eigenvalue weighted by Gasteiger charge is 2.27. The van der Waals surface area contributed by atoms with Crippen LogP contribution >= 0.6 is 0 Å². The van der Waals surface area contributed by atoms with Crippen LogP contribution in [-0.4, -0.2) is 33.3 Å². The highest BCUT2D eigenvalue weighted by molar-refractivity contribution is 5.92. The number of amides is 1. The molecule has 0 radical (unpaired) electrons. The van der Waals surface area contributed by atoms with E-state index in [-0.39, 0.29) is 24.3 Å². The van der Waals surface area contributed by atoms with Crippen molar-refractivity contribution in [3.05, 3.63) is 78.0 Å². The first-order chi connectivity index (χ1) is 14.6. The molecule has 0 aliphatic carbocycles. The molecule has 0 saturated carbocycles.